The van der Waals surface area contributed by atoms with Crippen LogP contribution in [0.2, 0.25) is 0 Å². The third-order valence-electron chi connectivity index (χ3n) is 4.96. The SMILES string of the molecule is CNC(C(=O)N1CCCC(C(=O)NCC2CC2)C1)c1cnn(C)c1.Cl. The Balaban J connectivity index is 0.00000225. The fourth-order valence-electron chi connectivity index (χ4n) is 3.31. The number of carbonyl (C=O) groups is 2. The molecule has 25 heavy (non-hydrogen) atoms. The largest absolute Gasteiger partial charge is 0.356 e. The van der Waals surface area contributed by atoms with Gasteiger partial charge in [-0.3, -0.25) is 14.3 Å². The number of hydrogen-bond donors (Lipinski definition) is 2. The lowest BCUT2D eigenvalue weighted by molar-refractivity contribution is -0.137. The summed E-state index contributed by atoms with van der Waals surface area (Å²) in [6, 6.07) is -0.410. The van der Waals surface area contributed by atoms with E-state index in [0.717, 1.165) is 24.9 Å². The van der Waals surface area contributed by atoms with Gasteiger partial charge in [-0.2, -0.15) is 5.10 Å². The Bertz CT molecular complexity index is 602. The van der Waals surface area contributed by atoms with Crippen molar-refractivity contribution in [1.29, 1.82) is 0 Å². The molecule has 140 valence electrons. The van der Waals surface area contributed by atoms with Crippen LogP contribution in [0.25, 0.3) is 0 Å². The highest BCUT2D eigenvalue weighted by atomic mass is 35.5. The van der Waals surface area contributed by atoms with Crippen LogP contribution in [0.1, 0.15) is 37.3 Å². The van der Waals surface area contributed by atoms with Gasteiger partial charge in [0.15, 0.2) is 0 Å². The number of aromatic nitrogens is 2. The Morgan fingerprint density at radius 3 is 2.72 bits per heavy atom. The van der Waals surface area contributed by atoms with E-state index in [1.54, 1.807) is 17.9 Å². The maximum Gasteiger partial charge on any atom is 0.244 e. The van der Waals surface area contributed by atoms with Crippen molar-refractivity contribution in [3.05, 3.63) is 18.0 Å². The van der Waals surface area contributed by atoms with Gasteiger partial charge in [0.1, 0.15) is 6.04 Å². The van der Waals surface area contributed by atoms with Gasteiger partial charge in [-0.05, 0) is 38.6 Å². The fraction of sp³-hybridized carbons (Fsp3) is 0.706. The number of amides is 2. The van der Waals surface area contributed by atoms with Crippen LogP contribution in [0, 0.1) is 11.8 Å². The average molecular weight is 370 g/mol. The van der Waals surface area contributed by atoms with E-state index in [1.165, 1.54) is 12.8 Å². The van der Waals surface area contributed by atoms with Crippen molar-refractivity contribution in [2.75, 3.05) is 26.7 Å². The highest BCUT2D eigenvalue weighted by molar-refractivity contribution is 5.85. The summed E-state index contributed by atoms with van der Waals surface area (Å²) in [6.07, 6.45) is 7.74. The van der Waals surface area contributed by atoms with Gasteiger partial charge in [-0.25, -0.2) is 0 Å². The Hall–Kier alpha value is -1.60. The van der Waals surface area contributed by atoms with Crippen molar-refractivity contribution in [3.8, 4) is 0 Å². The summed E-state index contributed by atoms with van der Waals surface area (Å²) in [5.41, 5.74) is 0.852. The molecule has 1 saturated heterocycles. The second kappa shape index (κ2) is 8.67. The number of piperidine rings is 1. The number of likely N-dealkylation sites (tertiary alicyclic amines) is 1. The molecule has 0 spiro atoms. The number of nitrogens with one attached hydrogen (secondary N) is 2. The Kier molecular flexibility index (Phi) is 6.84. The van der Waals surface area contributed by atoms with Crippen LogP contribution in [0.5, 0.6) is 0 Å². The van der Waals surface area contributed by atoms with E-state index in [0.29, 0.717) is 19.0 Å². The van der Waals surface area contributed by atoms with Crippen molar-refractivity contribution in [2.45, 2.75) is 31.7 Å². The van der Waals surface area contributed by atoms with E-state index in [9.17, 15) is 9.59 Å². The van der Waals surface area contributed by atoms with Crippen molar-refractivity contribution in [2.24, 2.45) is 18.9 Å². The Morgan fingerprint density at radius 1 is 1.36 bits per heavy atom. The Morgan fingerprint density at radius 2 is 2.12 bits per heavy atom. The van der Waals surface area contributed by atoms with Gasteiger partial charge < -0.3 is 15.5 Å². The molecule has 1 saturated carbocycles. The molecule has 2 N–H and O–H groups in total. The zero-order chi connectivity index (χ0) is 17.1. The molecule has 0 aromatic carbocycles. The van der Waals surface area contributed by atoms with Crippen molar-refractivity contribution >= 4 is 24.2 Å². The molecule has 8 heteroatoms. The molecule has 2 aliphatic rings. The van der Waals surface area contributed by atoms with E-state index in [-0.39, 0.29) is 30.1 Å². The number of rotatable bonds is 6. The number of nitrogens with zero attached hydrogens (tertiary/aromatic N) is 3. The smallest absolute Gasteiger partial charge is 0.244 e. The molecule has 0 radical (unpaired) electrons. The van der Waals surface area contributed by atoms with Gasteiger partial charge in [0, 0.05) is 38.4 Å². The van der Waals surface area contributed by atoms with Gasteiger partial charge >= 0.3 is 0 Å². The minimum absolute atomic E-state index is 0. The first-order valence-corrected chi connectivity index (χ1v) is 8.80. The molecular weight excluding hydrogens is 342 g/mol. The van der Waals surface area contributed by atoms with E-state index in [2.05, 4.69) is 15.7 Å². The van der Waals surface area contributed by atoms with Gasteiger partial charge in [0.2, 0.25) is 11.8 Å². The second-order valence-corrected chi connectivity index (χ2v) is 6.98. The van der Waals surface area contributed by atoms with Crippen LogP contribution in [0.15, 0.2) is 12.4 Å². The summed E-state index contributed by atoms with van der Waals surface area (Å²) in [5, 5.41) is 10.3. The van der Waals surface area contributed by atoms with E-state index < -0.39 is 6.04 Å². The number of likely N-dealkylation sites (N-methyl/N-ethyl adjacent to an activating group) is 1. The predicted octanol–water partition coefficient (Wildman–Crippen LogP) is 0.867. The lowest BCUT2D eigenvalue weighted by Crippen LogP contribution is -2.48. The highest BCUT2D eigenvalue weighted by Gasteiger charge is 2.33. The molecule has 7 nitrogen and oxygen atoms in total. The summed E-state index contributed by atoms with van der Waals surface area (Å²) >= 11 is 0. The van der Waals surface area contributed by atoms with Gasteiger partial charge in [0.05, 0.1) is 12.1 Å². The molecule has 2 heterocycles. The molecule has 2 amide bonds. The number of aryl methyl sites for hydroxylation is 1. The van der Waals surface area contributed by atoms with Crippen LogP contribution in [-0.2, 0) is 16.6 Å². The minimum atomic E-state index is -0.410. The summed E-state index contributed by atoms with van der Waals surface area (Å²) in [5.74, 6) is 0.703. The maximum absolute atomic E-state index is 12.9. The monoisotopic (exact) mass is 369 g/mol. The van der Waals surface area contributed by atoms with E-state index in [1.807, 2.05) is 18.1 Å². The number of halogens is 1. The molecule has 1 aromatic heterocycles. The molecule has 1 aliphatic heterocycles. The summed E-state index contributed by atoms with van der Waals surface area (Å²) in [4.78, 5) is 27.0. The first-order chi connectivity index (χ1) is 11.6. The number of hydrogen-bond acceptors (Lipinski definition) is 4. The van der Waals surface area contributed by atoms with Crippen molar-refractivity contribution in [1.82, 2.24) is 25.3 Å². The lowest BCUT2D eigenvalue weighted by atomic mass is 9.96. The first-order valence-electron chi connectivity index (χ1n) is 8.80. The topological polar surface area (TPSA) is 79.3 Å². The molecule has 1 aliphatic carbocycles. The van der Waals surface area contributed by atoms with Gasteiger partial charge in [-0.1, -0.05) is 0 Å². The lowest BCUT2D eigenvalue weighted by Gasteiger charge is -2.34. The van der Waals surface area contributed by atoms with Crippen molar-refractivity contribution in [3.63, 3.8) is 0 Å². The average Bonchev–Trinajstić information content (AvgIpc) is 3.34. The van der Waals surface area contributed by atoms with Crippen LogP contribution in [-0.4, -0.2) is 53.2 Å². The standard InChI is InChI=1S/C17H27N5O2.ClH/c1-18-15(14-9-20-21(2)10-14)17(24)22-7-3-4-13(11-22)16(23)19-8-12-5-6-12;/h9-10,12-13,15,18H,3-8,11H2,1-2H3,(H,19,23);1H. The van der Waals surface area contributed by atoms with Gasteiger partial charge in [-0.15, -0.1) is 12.4 Å². The predicted molar refractivity (Wildman–Crippen MR) is 97.3 cm³/mol. The van der Waals surface area contributed by atoms with E-state index >= 15 is 0 Å². The molecule has 0 bridgehead atoms. The quantitative estimate of drug-likeness (QED) is 0.779. The summed E-state index contributed by atoms with van der Waals surface area (Å²) in [7, 11) is 3.61. The summed E-state index contributed by atoms with van der Waals surface area (Å²) < 4.78 is 1.69. The van der Waals surface area contributed by atoms with Crippen LogP contribution >= 0.6 is 12.4 Å². The molecule has 2 fully saturated rings. The van der Waals surface area contributed by atoms with Crippen LogP contribution < -0.4 is 10.6 Å². The third kappa shape index (κ3) is 4.95. The first kappa shape index (κ1) is 19.7. The zero-order valence-electron chi connectivity index (χ0n) is 14.9. The van der Waals surface area contributed by atoms with E-state index in [4.69, 9.17) is 0 Å². The van der Waals surface area contributed by atoms with Crippen molar-refractivity contribution < 1.29 is 9.59 Å². The van der Waals surface area contributed by atoms with Crippen LogP contribution in [0.3, 0.4) is 0 Å². The Labute approximate surface area is 154 Å². The molecule has 1 aromatic rings. The maximum atomic E-state index is 12.9. The molecular formula is C17H28ClN5O2. The number of carbonyl (C=O) groups excluding carboxylic acids is 2. The van der Waals surface area contributed by atoms with Crippen LogP contribution in [0.4, 0.5) is 0 Å². The van der Waals surface area contributed by atoms with Gasteiger partial charge in [0.25, 0.3) is 0 Å². The molecule has 2 atom stereocenters. The normalized spacial score (nSPS) is 21.4. The fourth-order valence-corrected chi connectivity index (χ4v) is 3.31. The molecule has 2 unspecified atom stereocenters. The highest BCUT2D eigenvalue weighted by Crippen LogP contribution is 2.28. The second-order valence-electron chi connectivity index (χ2n) is 6.98. The zero-order valence-corrected chi connectivity index (χ0v) is 15.7. The third-order valence-corrected chi connectivity index (χ3v) is 4.96. The molecule has 3 rings (SSSR count). The minimum Gasteiger partial charge on any atom is -0.356 e. The summed E-state index contributed by atoms with van der Waals surface area (Å²) in [6.45, 7) is 2.01.